The minimum absolute atomic E-state index is 0.0419. The molecule has 0 spiro atoms. The number of H-pyrrole nitrogens is 1. The molecular formula is C20H29N5O3S. The number of nitrogens with zero attached hydrogens (tertiary/aromatic N) is 3. The zero-order valence-electron chi connectivity index (χ0n) is 17.3. The van der Waals surface area contributed by atoms with Crippen molar-refractivity contribution in [3.8, 4) is 0 Å². The first-order valence-electron chi connectivity index (χ1n) is 10.2. The Morgan fingerprint density at radius 2 is 1.93 bits per heavy atom. The third-order valence-corrected chi connectivity index (χ3v) is 6.54. The maximum Gasteiger partial charge on any atom is 0.329 e. The minimum Gasteiger partial charge on any atom is -0.384 e. The lowest BCUT2D eigenvalue weighted by molar-refractivity contribution is 0.102. The number of rotatable bonds is 7. The molecule has 2 aromatic heterocycles. The van der Waals surface area contributed by atoms with Gasteiger partial charge in [-0.05, 0) is 33.1 Å². The summed E-state index contributed by atoms with van der Waals surface area (Å²) in [7, 11) is 0. The van der Waals surface area contributed by atoms with Crippen LogP contribution >= 0.6 is 11.8 Å². The molecule has 0 aliphatic heterocycles. The second-order valence-electron chi connectivity index (χ2n) is 7.61. The van der Waals surface area contributed by atoms with Crippen LogP contribution in [0.1, 0.15) is 73.2 Å². The Morgan fingerprint density at radius 1 is 1.24 bits per heavy atom. The van der Waals surface area contributed by atoms with Gasteiger partial charge in [-0.1, -0.05) is 37.9 Å². The van der Waals surface area contributed by atoms with E-state index in [0.29, 0.717) is 19.0 Å². The van der Waals surface area contributed by atoms with Gasteiger partial charge in [-0.3, -0.25) is 19.1 Å². The van der Waals surface area contributed by atoms with Crippen molar-refractivity contribution in [2.45, 2.75) is 77.0 Å². The highest BCUT2D eigenvalue weighted by Crippen LogP contribution is 2.34. The quantitative estimate of drug-likeness (QED) is 0.527. The van der Waals surface area contributed by atoms with Crippen LogP contribution in [0.3, 0.4) is 0 Å². The van der Waals surface area contributed by atoms with Gasteiger partial charge >= 0.3 is 5.69 Å². The van der Waals surface area contributed by atoms with Crippen molar-refractivity contribution in [1.82, 2.24) is 19.1 Å². The lowest BCUT2D eigenvalue weighted by Crippen LogP contribution is -2.36. The molecule has 0 amide bonds. The Labute approximate surface area is 173 Å². The number of nitrogens with two attached hydrogens (primary N) is 1. The van der Waals surface area contributed by atoms with Gasteiger partial charge in [0.05, 0.1) is 11.4 Å². The second-order valence-corrected chi connectivity index (χ2v) is 8.55. The second kappa shape index (κ2) is 9.02. The summed E-state index contributed by atoms with van der Waals surface area (Å²) in [6.07, 6.45) is 6.57. The normalized spacial score (nSPS) is 15.0. The SMILES string of the molecule is CCCn1c(N)c(C(=O)CSc2nc(C)c(C)n2C2CCCCC2)c(=O)[nH]c1=O. The number of anilines is 1. The number of carbonyl (C=O) groups is 1. The van der Waals surface area contributed by atoms with Crippen LogP contribution in [0.15, 0.2) is 14.7 Å². The van der Waals surface area contributed by atoms with E-state index >= 15 is 0 Å². The van der Waals surface area contributed by atoms with E-state index in [1.165, 1.54) is 35.6 Å². The summed E-state index contributed by atoms with van der Waals surface area (Å²) < 4.78 is 3.49. The Hall–Kier alpha value is -2.29. The first-order chi connectivity index (χ1) is 13.8. The maximum absolute atomic E-state index is 12.8. The number of aryl methyl sites for hydroxylation is 1. The van der Waals surface area contributed by atoms with E-state index in [1.54, 1.807) is 0 Å². The Morgan fingerprint density at radius 3 is 2.59 bits per heavy atom. The molecule has 2 heterocycles. The van der Waals surface area contributed by atoms with Gasteiger partial charge in [-0.25, -0.2) is 9.78 Å². The fourth-order valence-corrected chi connectivity index (χ4v) is 5.00. The number of aromatic amines is 1. The van der Waals surface area contributed by atoms with Gasteiger partial charge in [0.1, 0.15) is 11.4 Å². The van der Waals surface area contributed by atoms with Crippen LogP contribution in [0.5, 0.6) is 0 Å². The van der Waals surface area contributed by atoms with E-state index in [0.717, 1.165) is 29.4 Å². The molecule has 3 N–H and O–H groups in total. The number of carbonyl (C=O) groups excluding carboxylic acids is 1. The van der Waals surface area contributed by atoms with Crippen LogP contribution in [0, 0.1) is 13.8 Å². The van der Waals surface area contributed by atoms with Crippen molar-refractivity contribution in [2.75, 3.05) is 11.5 Å². The molecule has 3 rings (SSSR count). The monoisotopic (exact) mass is 419 g/mol. The van der Waals surface area contributed by atoms with Gasteiger partial charge in [0.25, 0.3) is 5.56 Å². The molecule has 1 aliphatic rings. The number of nitrogens with one attached hydrogen (secondary N) is 1. The highest BCUT2D eigenvalue weighted by Gasteiger charge is 2.24. The molecule has 1 aliphatic carbocycles. The molecule has 1 fully saturated rings. The third-order valence-electron chi connectivity index (χ3n) is 5.59. The van der Waals surface area contributed by atoms with E-state index in [4.69, 9.17) is 5.73 Å². The summed E-state index contributed by atoms with van der Waals surface area (Å²) in [5, 5.41) is 0.803. The van der Waals surface area contributed by atoms with Gasteiger partial charge in [-0.2, -0.15) is 0 Å². The Bertz CT molecular complexity index is 1010. The van der Waals surface area contributed by atoms with Gasteiger partial charge in [0, 0.05) is 18.3 Å². The van der Waals surface area contributed by atoms with Crippen LogP contribution in [-0.4, -0.2) is 30.6 Å². The lowest BCUT2D eigenvalue weighted by Gasteiger charge is -2.26. The van der Waals surface area contributed by atoms with E-state index in [9.17, 15) is 14.4 Å². The number of hydrogen-bond donors (Lipinski definition) is 2. The van der Waals surface area contributed by atoms with E-state index in [1.807, 2.05) is 13.8 Å². The van der Waals surface area contributed by atoms with Crippen LogP contribution in [0.4, 0.5) is 5.82 Å². The summed E-state index contributed by atoms with van der Waals surface area (Å²) in [5.41, 5.74) is 6.63. The fourth-order valence-electron chi connectivity index (χ4n) is 3.97. The van der Waals surface area contributed by atoms with Crippen molar-refractivity contribution in [3.05, 3.63) is 37.8 Å². The van der Waals surface area contributed by atoms with E-state index < -0.39 is 17.0 Å². The van der Waals surface area contributed by atoms with Crippen molar-refractivity contribution >= 4 is 23.4 Å². The molecule has 1 saturated carbocycles. The number of ketones is 1. The first-order valence-corrected chi connectivity index (χ1v) is 11.2. The molecule has 0 saturated heterocycles. The molecule has 9 heteroatoms. The predicted octanol–water partition coefficient (Wildman–Crippen LogP) is 2.82. The topological polar surface area (TPSA) is 116 Å². The predicted molar refractivity (Wildman–Crippen MR) is 115 cm³/mol. The molecule has 0 unspecified atom stereocenters. The third kappa shape index (κ3) is 4.34. The molecule has 158 valence electrons. The molecule has 2 aromatic rings. The van der Waals surface area contributed by atoms with Crippen molar-refractivity contribution in [1.29, 1.82) is 0 Å². The molecule has 0 radical (unpaired) electrons. The van der Waals surface area contributed by atoms with Crippen molar-refractivity contribution in [2.24, 2.45) is 0 Å². The zero-order valence-corrected chi connectivity index (χ0v) is 18.1. The van der Waals surface area contributed by atoms with Gasteiger partial charge in [0.15, 0.2) is 10.9 Å². The van der Waals surface area contributed by atoms with Crippen LogP contribution in [-0.2, 0) is 6.54 Å². The highest BCUT2D eigenvalue weighted by molar-refractivity contribution is 7.99. The van der Waals surface area contributed by atoms with E-state index in [-0.39, 0.29) is 17.1 Å². The lowest BCUT2D eigenvalue weighted by atomic mass is 9.95. The highest BCUT2D eigenvalue weighted by atomic mass is 32.2. The van der Waals surface area contributed by atoms with Gasteiger partial charge in [-0.15, -0.1) is 0 Å². The largest absolute Gasteiger partial charge is 0.384 e. The number of Topliss-reactive ketones (excluding diaryl/α,β-unsaturated/α-hetero) is 1. The number of hydrogen-bond acceptors (Lipinski definition) is 6. The molecule has 0 aromatic carbocycles. The van der Waals surface area contributed by atoms with E-state index in [2.05, 4.69) is 21.5 Å². The van der Waals surface area contributed by atoms with Crippen molar-refractivity contribution < 1.29 is 4.79 Å². The molecule has 0 bridgehead atoms. The Kier molecular flexibility index (Phi) is 6.66. The molecular weight excluding hydrogens is 390 g/mol. The fraction of sp³-hybridized carbons (Fsp3) is 0.600. The number of aromatic nitrogens is 4. The Balaban J connectivity index is 1.85. The average Bonchev–Trinajstić information content (AvgIpc) is 2.98. The van der Waals surface area contributed by atoms with Crippen molar-refractivity contribution in [3.63, 3.8) is 0 Å². The summed E-state index contributed by atoms with van der Waals surface area (Å²) in [6.45, 7) is 6.28. The standard InChI is InChI=1S/C20H29N5O3S/c1-4-10-24-17(21)16(18(27)23-19(24)28)15(26)11-29-20-22-12(2)13(3)25(20)14-8-6-5-7-9-14/h14H,4-11,21H2,1-3H3,(H,23,27,28). The van der Waals surface area contributed by atoms with Crippen LogP contribution < -0.4 is 17.0 Å². The molecule has 29 heavy (non-hydrogen) atoms. The summed E-state index contributed by atoms with van der Waals surface area (Å²) in [5.74, 6) is -0.415. The number of nitrogen functional groups attached to an aromatic ring is 1. The van der Waals surface area contributed by atoms with Crippen LogP contribution in [0.25, 0.3) is 0 Å². The number of thioether (sulfide) groups is 1. The molecule has 8 nitrogen and oxygen atoms in total. The minimum atomic E-state index is -0.728. The summed E-state index contributed by atoms with van der Waals surface area (Å²) in [4.78, 5) is 43.9. The smallest absolute Gasteiger partial charge is 0.329 e. The summed E-state index contributed by atoms with van der Waals surface area (Å²) >= 11 is 1.33. The maximum atomic E-state index is 12.8. The van der Waals surface area contributed by atoms with Gasteiger partial charge in [0.2, 0.25) is 0 Å². The summed E-state index contributed by atoms with van der Waals surface area (Å²) in [6, 6.07) is 0.405. The molecule has 0 atom stereocenters. The first kappa shape index (κ1) is 21.4. The number of imidazole rings is 1. The zero-order chi connectivity index (χ0) is 21.1. The van der Waals surface area contributed by atoms with Gasteiger partial charge < -0.3 is 10.3 Å². The average molecular weight is 420 g/mol. The van der Waals surface area contributed by atoms with Crippen LogP contribution in [0.2, 0.25) is 0 Å².